The highest BCUT2D eigenvalue weighted by Gasteiger charge is 2.25. The van der Waals surface area contributed by atoms with Crippen molar-refractivity contribution < 1.29 is 17.9 Å². The predicted molar refractivity (Wildman–Crippen MR) is 97.1 cm³/mol. The molecule has 134 valence electrons. The van der Waals surface area contributed by atoms with Gasteiger partial charge in [-0.25, -0.2) is 13.1 Å². The van der Waals surface area contributed by atoms with Crippen molar-refractivity contribution in [2.45, 2.75) is 31.2 Å². The molecule has 0 aliphatic rings. The zero-order chi connectivity index (χ0) is 16.9. The van der Waals surface area contributed by atoms with Gasteiger partial charge in [0.2, 0.25) is 10.0 Å². The van der Waals surface area contributed by atoms with Gasteiger partial charge in [0.05, 0.1) is 18.7 Å². The molecule has 0 radical (unpaired) electrons. The number of ether oxygens (including phenoxy) is 2. The van der Waals surface area contributed by atoms with Gasteiger partial charge in [0.15, 0.2) is 0 Å². The fourth-order valence-electron chi connectivity index (χ4n) is 2.09. The first kappa shape index (κ1) is 22.5. The van der Waals surface area contributed by atoms with E-state index in [2.05, 4.69) is 20.7 Å². The van der Waals surface area contributed by atoms with Crippen LogP contribution in [0, 0.1) is 5.92 Å². The van der Waals surface area contributed by atoms with E-state index in [9.17, 15) is 8.42 Å². The highest BCUT2D eigenvalue weighted by atomic mass is 79.9. The van der Waals surface area contributed by atoms with Crippen LogP contribution in [0.25, 0.3) is 0 Å². The van der Waals surface area contributed by atoms with Gasteiger partial charge in [-0.15, -0.1) is 12.4 Å². The van der Waals surface area contributed by atoms with Gasteiger partial charge in [0.1, 0.15) is 16.4 Å². The van der Waals surface area contributed by atoms with Crippen molar-refractivity contribution in [2.24, 2.45) is 11.7 Å². The second-order valence-corrected chi connectivity index (χ2v) is 7.86. The molecule has 0 saturated heterocycles. The Labute approximate surface area is 152 Å². The van der Waals surface area contributed by atoms with Gasteiger partial charge in [-0.3, -0.25) is 0 Å². The van der Waals surface area contributed by atoms with E-state index < -0.39 is 10.0 Å². The molecule has 9 heteroatoms. The smallest absolute Gasteiger partial charge is 0.244 e. The summed E-state index contributed by atoms with van der Waals surface area (Å²) in [6.07, 6.45) is 0.662. The highest BCUT2D eigenvalue weighted by molar-refractivity contribution is 9.10. The lowest BCUT2D eigenvalue weighted by molar-refractivity contribution is 0.384. The predicted octanol–water partition coefficient (Wildman–Crippen LogP) is 2.54. The molecule has 0 fully saturated rings. The summed E-state index contributed by atoms with van der Waals surface area (Å²) >= 11 is 3.29. The quantitative estimate of drug-likeness (QED) is 0.660. The maximum atomic E-state index is 12.6. The Morgan fingerprint density at radius 1 is 1.22 bits per heavy atom. The van der Waals surface area contributed by atoms with Crippen LogP contribution in [0.1, 0.15) is 20.3 Å². The Morgan fingerprint density at radius 2 is 1.78 bits per heavy atom. The molecule has 0 heterocycles. The van der Waals surface area contributed by atoms with Crippen molar-refractivity contribution in [3.8, 4) is 11.5 Å². The summed E-state index contributed by atoms with van der Waals surface area (Å²) < 4.78 is 38.7. The summed E-state index contributed by atoms with van der Waals surface area (Å²) in [7, 11) is -0.836. The van der Waals surface area contributed by atoms with E-state index in [-0.39, 0.29) is 35.6 Å². The van der Waals surface area contributed by atoms with Gasteiger partial charge in [-0.05, 0) is 34.3 Å². The number of rotatable bonds is 8. The van der Waals surface area contributed by atoms with Crippen LogP contribution in [0.15, 0.2) is 21.5 Å². The van der Waals surface area contributed by atoms with Crippen molar-refractivity contribution >= 4 is 38.4 Å². The van der Waals surface area contributed by atoms with Crippen LogP contribution in [0.5, 0.6) is 11.5 Å². The normalized spacial score (nSPS) is 12.7. The number of benzene rings is 1. The summed E-state index contributed by atoms with van der Waals surface area (Å²) in [4.78, 5) is 0.0462. The summed E-state index contributed by atoms with van der Waals surface area (Å²) in [5, 5.41) is 0. The molecule has 3 N–H and O–H groups in total. The molecule has 1 unspecified atom stereocenters. The lowest BCUT2D eigenvalue weighted by Gasteiger charge is -2.20. The average molecular weight is 432 g/mol. The van der Waals surface area contributed by atoms with E-state index in [0.717, 1.165) is 0 Å². The standard InChI is InChI=1S/C14H23BrN2O4S.ClH/c1-9(2)5-10(8-16)17-22(18,19)14-6-11(15)12(20-3)7-13(14)21-4;/h6-7,9-10,17H,5,8,16H2,1-4H3;1H. The van der Waals surface area contributed by atoms with Crippen molar-refractivity contribution in [3.63, 3.8) is 0 Å². The zero-order valence-corrected chi connectivity index (χ0v) is 16.8. The average Bonchev–Trinajstić information content (AvgIpc) is 2.45. The molecule has 1 rings (SSSR count). The lowest BCUT2D eigenvalue weighted by atomic mass is 10.1. The van der Waals surface area contributed by atoms with E-state index >= 15 is 0 Å². The molecule has 0 saturated carbocycles. The Balaban J connectivity index is 0.00000484. The van der Waals surface area contributed by atoms with Crippen molar-refractivity contribution in [2.75, 3.05) is 20.8 Å². The maximum absolute atomic E-state index is 12.6. The summed E-state index contributed by atoms with van der Waals surface area (Å²) in [6.45, 7) is 4.26. The van der Waals surface area contributed by atoms with Crippen LogP contribution in [0.4, 0.5) is 0 Å². The van der Waals surface area contributed by atoms with Gasteiger partial charge in [0.25, 0.3) is 0 Å². The van der Waals surface area contributed by atoms with Crippen molar-refractivity contribution in [3.05, 3.63) is 16.6 Å². The first-order valence-electron chi connectivity index (χ1n) is 6.89. The molecule has 1 atom stereocenters. The van der Waals surface area contributed by atoms with E-state index in [0.29, 0.717) is 22.6 Å². The molecular formula is C14H24BrClN2O4S. The fourth-order valence-corrected chi connectivity index (χ4v) is 4.18. The minimum absolute atomic E-state index is 0. The highest BCUT2D eigenvalue weighted by Crippen LogP contribution is 2.35. The van der Waals surface area contributed by atoms with Crippen molar-refractivity contribution in [1.82, 2.24) is 4.72 Å². The Bertz CT molecular complexity index is 611. The molecule has 0 aliphatic heterocycles. The number of hydrogen-bond donors (Lipinski definition) is 2. The van der Waals surface area contributed by atoms with Gasteiger partial charge in [0, 0.05) is 18.7 Å². The molecule has 6 nitrogen and oxygen atoms in total. The van der Waals surface area contributed by atoms with E-state index in [4.69, 9.17) is 15.2 Å². The Morgan fingerprint density at radius 3 is 2.22 bits per heavy atom. The molecule has 0 amide bonds. The van der Waals surface area contributed by atoms with Gasteiger partial charge >= 0.3 is 0 Å². The topological polar surface area (TPSA) is 90.6 Å². The first-order valence-corrected chi connectivity index (χ1v) is 9.16. The van der Waals surface area contributed by atoms with E-state index in [1.54, 1.807) is 0 Å². The van der Waals surface area contributed by atoms with Crippen LogP contribution < -0.4 is 19.9 Å². The zero-order valence-electron chi connectivity index (χ0n) is 13.6. The molecule has 1 aromatic carbocycles. The minimum Gasteiger partial charge on any atom is -0.495 e. The molecule has 0 aromatic heterocycles. The van der Waals surface area contributed by atoms with Gasteiger partial charge in [-0.2, -0.15) is 0 Å². The van der Waals surface area contributed by atoms with E-state index in [1.165, 1.54) is 26.4 Å². The van der Waals surface area contributed by atoms with Crippen LogP contribution in [-0.4, -0.2) is 35.2 Å². The van der Waals surface area contributed by atoms with Gasteiger partial charge < -0.3 is 15.2 Å². The minimum atomic E-state index is -3.75. The molecular weight excluding hydrogens is 408 g/mol. The number of nitrogens with one attached hydrogen (secondary N) is 1. The third-order valence-electron chi connectivity index (χ3n) is 3.09. The Kier molecular flexibility index (Phi) is 9.46. The van der Waals surface area contributed by atoms with Crippen LogP contribution in [0.3, 0.4) is 0 Å². The lowest BCUT2D eigenvalue weighted by Crippen LogP contribution is -2.41. The summed E-state index contributed by atoms with van der Waals surface area (Å²) in [5.41, 5.74) is 5.66. The SMILES string of the molecule is COc1cc(OC)c(S(=O)(=O)NC(CN)CC(C)C)cc1Br.Cl. The summed E-state index contributed by atoms with van der Waals surface area (Å²) in [5.74, 6) is 1.04. The fraction of sp³-hybridized carbons (Fsp3) is 0.571. The molecule has 0 bridgehead atoms. The number of nitrogens with two attached hydrogens (primary N) is 1. The number of halogens is 2. The van der Waals surface area contributed by atoms with Crippen molar-refractivity contribution in [1.29, 1.82) is 0 Å². The van der Waals surface area contributed by atoms with Crippen LogP contribution >= 0.6 is 28.3 Å². The molecule has 23 heavy (non-hydrogen) atoms. The second kappa shape index (κ2) is 9.68. The summed E-state index contributed by atoms with van der Waals surface area (Å²) in [6, 6.07) is 2.66. The Hall–Kier alpha value is -0.540. The monoisotopic (exact) mass is 430 g/mol. The third kappa shape index (κ3) is 6.11. The first-order chi connectivity index (χ1) is 10.2. The van der Waals surface area contributed by atoms with Gasteiger partial charge in [-0.1, -0.05) is 13.8 Å². The molecule has 0 aliphatic carbocycles. The largest absolute Gasteiger partial charge is 0.495 e. The maximum Gasteiger partial charge on any atom is 0.244 e. The second-order valence-electron chi connectivity index (χ2n) is 5.32. The number of sulfonamides is 1. The molecule has 1 aromatic rings. The van der Waals surface area contributed by atoms with Crippen LogP contribution in [-0.2, 0) is 10.0 Å². The third-order valence-corrected chi connectivity index (χ3v) is 5.25. The van der Waals surface area contributed by atoms with Crippen LogP contribution in [0.2, 0.25) is 0 Å². The number of methoxy groups -OCH3 is 2. The molecule has 0 spiro atoms. The number of hydrogen-bond acceptors (Lipinski definition) is 5. The van der Waals surface area contributed by atoms with E-state index in [1.807, 2.05) is 13.8 Å².